The summed E-state index contributed by atoms with van der Waals surface area (Å²) >= 11 is 1.83. The lowest BCUT2D eigenvalue weighted by Gasteiger charge is -2.14. The minimum absolute atomic E-state index is 0.103. The van der Waals surface area contributed by atoms with Crippen LogP contribution in [-0.4, -0.2) is 48.9 Å². The molecule has 2 aliphatic heterocycles. The van der Waals surface area contributed by atoms with Crippen molar-refractivity contribution in [2.24, 2.45) is 0 Å². The highest BCUT2D eigenvalue weighted by atomic mass is 32.2. The molecule has 38 heavy (non-hydrogen) atoms. The maximum atomic E-state index is 12.0. The summed E-state index contributed by atoms with van der Waals surface area (Å²) in [7, 11) is 0. The van der Waals surface area contributed by atoms with Crippen molar-refractivity contribution >= 4 is 17.7 Å². The van der Waals surface area contributed by atoms with Crippen LogP contribution in [0.15, 0.2) is 11.6 Å². The number of hydrogen-bond acceptors (Lipinski definition) is 6. The molecule has 0 aromatic heterocycles. The van der Waals surface area contributed by atoms with Gasteiger partial charge in [-0.2, -0.15) is 0 Å². The molecule has 0 N–H and O–H groups in total. The van der Waals surface area contributed by atoms with Crippen molar-refractivity contribution in [3.05, 3.63) is 11.6 Å². The van der Waals surface area contributed by atoms with Crippen molar-refractivity contribution in [1.82, 2.24) is 4.90 Å². The Morgan fingerprint density at radius 1 is 0.816 bits per heavy atom. The molecule has 0 amide bonds. The number of unbranched alkanes of at least 4 members (excludes halogenated alkanes) is 18. The topological polar surface area (TPSA) is 48.0 Å². The second-order valence-electron chi connectivity index (χ2n) is 11.4. The van der Waals surface area contributed by atoms with Crippen molar-refractivity contribution in [3.63, 3.8) is 0 Å². The molecule has 2 unspecified atom stereocenters. The SMILES string of the molecule is CCCCCCCCCCCCCCCCCCCC1OCC(COC(=O)CCCCCN2C=CSC2)O1. The molecule has 1 saturated heterocycles. The fourth-order valence-electron chi connectivity index (χ4n) is 5.25. The summed E-state index contributed by atoms with van der Waals surface area (Å²) in [5.74, 6) is 0.952. The van der Waals surface area contributed by atoms with Crippen LogP contribution in [0, 0.1) is 0 Å². The van der Waals surface area contributed by atoms with Gasteiger partial charge in [0.1, 0.15) is 12.7 Å². The summed E-state index contributed by atoms with van der Waals surface area (Å²) in [5.41, 5.74) is 0. The third kappa shape index (κ3) is 18.5. The molecular formula is C32H59NO4S. The maximum Gasteiger partial charge on any atom is 0.305 e. The Balaban J connectivity index is 1.27. The Hall–Kier alpha value is -0.720. The third-order valence-corrected chi connectivity index (χ3v) is 8.52. The molecule has 2 rings (SSSR count). The summed E-state index contributed by atoms with van der Waals surface area (Å²) in [6.45, 7) is 4.23. The quantitative estimate of drug-likeness (QED) is 0.0785. The number of ether oxygens (including phenoxy) is 3. The summed E-state index contributed by atoms with van der Waals surface area (Å²) in [6.07, 6.45) is 30.1. The van der Waals surface area contributed by atoms with Gasteiger partial charge in [0.2, 0.25) is 0 Å². The maximum absolute atomic E-state index is 12.0. The Labute approximate surface area is 239 Å². The lowest BCUT2D eigenvalue weighted by Crippen LogP contribution is -2.21. The number of hydrogen-bond donors (Lipinski definition) is 0. The lowest BCUT2D eigenvalue weighted by molar-refractivity contribution is -0.148. The number of esters is 1. The van der Waals surface area contributed by atoms with Gasteiger partial charge in [0.15, 0.2) is 6.29 Å². The van der Waals surface area contributed by atoms with Crippen LogP contribution in [0.1, 0.15) is 148 Å². The summed E-state index contributed by atoms with van der Waals surface area (Å²) in [6, 6.07) is 0. The van der Waals surface area contributed by atoms with Gasteiger partial charge in [0.25, 0.3) is 0 Å². The zero-order valence-electron chi connectivity index (χ0n) is 24.7. The molecule has 0 saturated carbocycles. The van der Waals surface area contributed by atoms with E-state index >= 15 is 0 Å². The van der Waals surface area contributed by atoms with Gasteiger partial charge in [-0.15, -0.1) is 11.8 Å². The highest BCUT2D eigenvalue weighted by Gasteiger charge is 2.26. The van der Waals surface area contributed by atoms with Gasteiger partial charge in [-0.1, -0.05) is 116 Å². The Bertz CT molecular complexity index is 588. The number of nitrogens with zero attached hydrogens (tertiary/aromatic N) is 1. The van der Waals surface area contributed by atoms with Crippen LogP contribution in [0.4, 0.5) is 0 Å². The van der Waals surface area contributed by atoms with Crippen molar-refractivity contribution in [3.8, 4) is 0 Å². The summed E-state index contributed by atoms with van der Waals surface area (Å²) < 4.78 is 17.1. The van der Waals surface area contributed by atoms with Crippen LogP contribution in [0.25, 0.3) is 0 Å². The zero-order valence-corrected chi connectivity index (χ0v) is 25.5. The first-order valence-corrected chi connectivity index (χ1v) is 17.3. The van der Waals surface area contributed by atoms with Gasteiger partial charge in [0.05, 0.1) is 12.5 Å². The molecule has 6 heteroatoms. The fourth-order valence-corrected chi connectivity index (χ4v) is 6.00. The van der Waals surface area contributed by atoms with Gasteiger partial charge in [0, 0.05) is 19.2 Å². The molecule has 5 nitrogen and oxygen atoms in total. The normalized spacial score (nSPS) is 19.0. The molecule has 0 aliphatic carbocycles. The van der Waals surface area contributed by atoms with Crippen molar-refractivity contribution < 1.29 is 19.0 Å². The largest absolute Gasteiger partial charge is 0.463 e. The van der Waals surface area contributed by atoms with E-state index in [1.807, 2.05) is 11.8 Å². The van der Waals surface area contributed by atoms with Crippen LogP contribution in [-0.2, 0) is 19.0 Å². The van der Waals surface area contributed by atoms with E-state index in [0.717, 1.165) is 44.5 Å². The van der Waals surface area contributed by atoms with Gasteiger partial charge in [-0.25, -0.2) is 0 Å². The monoisotopic (exact) mass is 553 g/mol. The fraction of sp³-hybridized carbons (Fsp3) is 0.906. The van der Waals surface area contributed by atoms with Crippen molar-refractivity contribution in [2.75, 3.05) is 25.6 Å². The van der Waals surface area contributed by atoms with Crippen molar-refractivity contribution in [2.45, 2.75) is 161 Å². The second kappa shape index (κ2) is 24.1. The molecule has 2 aliphatic rings. The Morgan fingerprint density at radius 3 is 1.97 bits per heavy atom. The van der Waals surface area contributed by atoms with E-state index < -0.39 is 0 Å². The Kier molecular flexibility index (Phi) is 21.2. The number of carbonyl (C=O) groups is 1. The average Bonchev–Trinajstić information content (AvgIpc) is 3.61. The van der Waals surface area contributed by atoms with Crippen LogP contribution in [0.2, 0.25) is 0 Å². The first-order valence-electron chi connectivity index (χ1n) is 16.2. The second-order valence-corrected chi connectivity index (χ2v) is 12.2. The summed E-state index contributed by atoms with van der Waals surface area (Å²) in [5, 5.41) is 2.14. The molecule has 0 spiro atoms. The molecule has 1 fully saturated rings. The van der Waals surface area contributed by atoms with Gasteiger partial charge >= 0.3 is 5.97 Å². The van der Waals surface area contributed by atoms with Gasteiger partial charge < -0.3 is 19.1 Å². The molecular weight excluding hydrogens is 494 g/mol. The standard InChI is InChI=1S/C32H59NO4S/c1-2-3-4-5-6-7-8-9-10-11-12-13-14-15-16-17-20-23-32-36-28-30(37-32)27-35-31(34)22-19-18-21-24-33-25-26-38-29-33/h25-26,30,32H,2-24,27-29H2,1H3. The molecule has 0 bridgehead atoms. The zero-order chi connectivity index (χ0) is 26.9. The predicted octanol–water partition coefficient (Wildman–Crippen LogP) is 9.35. The predicted molar refractivity (Wildman–Crippen MR) is 161 cm³/mol. The molecule has 222 valence electrons. The average molecular weight is 554 g/mol. The lowest BCUT2D eigenvalue weighted by atomic mass is 10.0. The Morgan fingerprint density at radius 2 is 1.39 bits per heavy atom. The number of carbonyl (C=O) groups excluding carboxylic acids is 1. The van der Waals surface area contributed by atoms with Crippen LogP contribution in [0.5, 0.6) is 0 Å². The van der Waals surface area contributed by atoms with E-state index in [1.165, 1.54) is 103 Å². The van der Waals surface area contributed by atoms with E-state index in [-0.39, 0.29) is 18.4 Å². The van der Waals surface area contributed by atoms with Crippen LogP contribution >= 0.6 is 11.8 Å². The smallest absolute Gasteiger partial charge is 0.305 e. The van der Waals surface area contributed by atoms with E-state index in [0.29, 0.717) is 19.6 Å². The van der Waals surface area contributed by atoms with E-state index in [4.69, 9.17) is 14.2 Å². The van der Waals surface area contributed by atoms with Crippen molar-refractivity contribution in [1.29, 1.82) is 0 Å². The van der Waals surface area contributed by atoms with Gasteiger partial charge in [-0.05, 0) is 31.1 Å². The first kappa shape index (κ1) is 33.5. The molecule has 2 heterocycles. The minimum atomic E-state index is -0.118. The highest BCUT2D eigenvalue weighted by molar-refractivity contribution is 8.02. The highest BCUT2D eigenvalue weighted by Crippen LogP contribution is 2.20. The number of thioether (sulfide) groups is 1. The van der Waals surface area contributed by atoms with E-state index in [1.54, 1.807) is 0 Å². The van der Waals surface area contributed by atoms with Gasteiger partial charge in [-0.3, -0.25) is 4.79 Å². The minimum Gasteiger partial charge on any atom is -0.463 e. The molecule has 0 aromatic carbocycles. The van der Waals surface area contributed by atoms with E-state index in [2.05, 4.69) is 23.4 Å². The molecule has 0 aromatic rings. The number of rotatable bonds is 26. The summed E-state index contributed by atoms with van der Waals surface area (Å²) in [4.78, 5) is 14.3. The third-order valence-electron chi connectivity index (χ3n) is 7.72. The first-order chi connectivity index (χ1) is 18.8. The van der Waals surface area contributed by atoms with Crippen LogP contribution in [0.3, 0.4) is 0 Å². The van der Waals surface area contributed by atoms with E-state index in [9.17, 15) is 4.79 Å². The molecule has 2 atom stereocenters. The van der Waals surface area contributed by atoms with Crippen LogP contribution < -0.4 is 0 Å². The molecule has 0 radical (unpaired) electrons.